The van der Waals surface area contributed by atoms with Gasteiger partial charge in [-0.25, -0.2) is 0 Å². The minimum Gasteiger partial charge on any atom is -0.355 e. The zero-order valence-electron chi connectivity index (χ0n) is 14.4. The van der Waals surface area contributed by atoms with Gasteiger partial charge >= 0.3 is 0 Å². The Bertz CT molecular complexity index is 567. The molecule has 2 aliphatic heterocycles. The van der Waals surface area contributed by atoms with Gasteiger partial charge < -0.3 is 10.2 Å². The highest BCUT2D eigenvalue weighted by Crippen LogP contribution is 2.26. The van der Waals surface area contributed by atoms with E-state index in [2.05, 4.69) is 17.1 Å². The topological polar surface area (TPSA) is 52.7 Å². The van der Waals surface area contributed by atoms with Crippen LogP contribution in [0.3, 0.4) is 0 Å². The molecule has 130 valence electrons. The van der Waals surface area contributed by atoms with Crippen molar-refractivity contribution in [2.24, 2.45) is 5.92 Å². The van der Waals surface area contributed by atoms with E-state index in [0.717, 1.165) is 31.5 Å². The summed E-state index contributed by atoms with van der Waals surface area (Å²) in [6, 6.07) is 10.0. The van der Waals surface area contributed by atoms with Crippen molar-refractivity contribution in [2.75, 3.05) is 32.7 Å². The van der Waals surface area contributed by atoms with Gasteiger partial charge in [0.05, 0.1) is 6.54 Å². The zero-order chi connectivity index (χ0) is 16.9. The lowest BCUT2D eigenvalue weighted by Gasteiger charge is -2.34. The molecule has 2 amide bonds. The number of piperidine rings is 1. The van der Waals surface area contributed by atoms with E-state index in [-0.39, 0.29) is 17.9 Å². The molecule has 1 aromatic carbocycles. The van der Waals surface area contributed by atoms with Crippen LogP contribution in [0.4, 0.5) is 0 Å². The number of nitrogens with zero attached hydrogens (tertiary/aromatic N) is 2. The lowest BCUT2D eigenvalue weighted by Crippen LogP contribution is -2.45. The first-order valence-electron chi connectivity index (χ1n) is 8.97. The number of benzene rings is 1. The maximum atomic E-state index is 12.7. The fourth-order valence-electron chi connectivity index (χ4n) is 3.60. The van der Waals surface area contributed by atoms with Crippen LogP contribution in [0.2, 0.25) is 0 Å². The van der Waals surface area contributed by atoms with E-state index < -0.39 is 0 Å². The number of carbonyl (C=O) groups excluding carboxylic acids is 2. The van der Waals surface area contributed by atoms with E-state index in [0.29, 0.717) is 32.0 Å². The summed E-state index contributed by atoms with van der Waals surface area (Å²) in [5.74, 6) is 0.967. The molecule has 2 aliphatic rings. The molecule has 0 aromatic heterocycles. The van der Waals surface area contributed by atoms with Gasteiger partial charge in [-0.1, -0.05) is 37.3 Å². The van der Waals surface area contributed by atoms with E-state index >= 15 is 0 Å². The molecule has 1 N–H and O–H groups in total. The van der Waals surface area contributed by atoms with Crippen LogP contribution in [0, 0.1) is 5.92 Å². The van der Waals surface area contributed by atoms with Crippen molar-refractivity contribution in [3.8, 4) is 0 Å². The molecule has 5 nitrogen and oxygen atoms in total. The summed E-state index contributed by atoms with van der Waals surface area (Å²) < 4.78 is 0. The maximum absolute atomic E-state index is 12.7. The Balaban J connectivity index is 1.71. The molecule has 3 rings (SSSR count). The van der Waals surface area contributed by atoms with Crippen LogP contribution in [0.25, 0.3) is 0 Å². The van der Waals surface area contributed by atoms with Crippen molar-refractivity contribution in [3.05, 3.63) is 35.9 Å². The molecule has 1 aromatic rings. The molecular weight excluding hydrogens is 302 g/mol. The molecule has 1 atom stereocenters. The summed E-state index contributed by atoms with van der Waals surface area (Å²) in [5, 5.41) is 2.93. The highest BCUT2D eigenvalue weighted by Gasteiger charge is 2.29. The van der Waals surface area contributed by atoms with Crippen molar-refractivity contribution in [1.29, 1.82) is 0 Å². The summed E-state index contributed by atoms with van der Waals surface area (Å²) >= 11 is 0. The smallest absolute Gasteiger partial charge is 0.236 e. The second kappa shape index (κ2) is 7.79. The van der Waals surface area contributed by atoms with Crippen molar-refractivity contribution in [3.63, 3.8) is 0 Å². The predicted octanol–water partition coefficient (Wildman–Crippen LogP) is 1.81. The van der Waals surface area contributed by atoms with E-state index in [1.807, 2.05) is 35.2 Å². The standard InChI is InChI=1S/C19H27N3O2/c1-15-7-10-21(11-8-15)19(24)14-22-12-9-20-18(23)13-17(22)16-5-3-2-4-6-16/h2-6,15,17H,7-14H2,1H3,(H,20,23)/t17-/m0/s1. The van der Waals surface area contributed by atoms with Crippen LogP contribution >= 0.6 is 0 Å². The predicted molar refractivity (Wildman–Crippen MR) is 93.4 cm³/mol. The molecule has 0 aliphatic carbocycles. The third kappa shape index (κ3) is 4.15. The van der Waals surface area contributed by atoms with Crippen LogP contribution in [0.5, 0.6) is 0 Å². The Morgan fingerprint density at radius 3 is 2.58 bits per heavy atom. The largest absolute Gasteiger partial charge is 0.355 e. The summed E-state index contributed by atoms with van der Waals surface area (Å²) in [6.07, 6.45) is 2.59. The van der Waals surface area contributed by atoms with Gasteiger partial charge in [-0.3, -0.25) is 14.5 Å². The van der Waals surface area contributed by atoms with Gasteiger partial charge in [0.2, 0.25) is 11.8 Å². The molecular formula is C19H27N3O2. The van der Waals surface area contributed by atoms with Gasteiger partial charge in [0.25, 0.3) is 0 Å². The Morgan fingerprint density at radius 1 is 1.17 bits per heavy atom. The second-order valence-corrected chi connectivity index (χ2v) is 7.01. The fraction of sp³-hybridized carbons (Fsp3) is 0.579. The Morgan fingerprint density at radius 2 is 1.88 bits per heavy atom. The molecule has 0 bridgehead atoms. The molecule has 0 unspecified atom stereocenters. The van der Waals surface area contributed by atoms with E-state index in [9.17, 15) is 9.59 Å². The number of carbonyl (C=O) groups is 2. The zero-order valence-corrected chi connectivity index (χ0v) is 14.4. The lowest BCUT2D eigenvalue weighted by molar-refractivity contribution is -0.134. The number of hydrogen-bond acceptors (Lipinski definition) is 3. The van der Waals surface area contributed by atoms with Gasteiger partial charge in [-0.15, -0.1) is 0 Å². The summed E-state index contributed by atoms with van der Waals surface area (Å²) in [5.41, 5.74) is 1.11. The monoisotopic (exact) mass is 329 g/mol. The minimum absolute atomic E-state index is 0.0265. The first-order valence-corrected chi connectivity index (χ1v) is 8.97. The number of likely N-dealkylation sites (tertiary alicyclic amines) is 1. The second-order valence-electron chi connectivity index (χ2n) is 7.01. The van der Waals surface area contributed by atoms with Gasteiger partial charge in [0.1, 0.15) is 0 Å². The van der Waals surface area contributed by atoms with Gasteiger partial charge in [-0.2, -0.15) is 0 Å². The molecule has 5 heteroatoms. The van der Waals surface area contributed by atoms with Crippen molar-refractivity contribution < 1.29 is 9.59 Å². The summed E-state index contributed by atoms with van der Waals surface area (Å²) in [7, 11) is 0. The first kappa shape index (κ1) is 17.0. The van der Waals surface area contributed by atoms with Crippen LogP contribution in [0.1, 0.15) is 37.8 Å². The molecule has 0 radical (unpaired) electrons. The first-order chi connectivity index (χ1) is 11.6. The van der Waals surface area contributed by atoms with Crippen LogP contribution in [0.15, 0.2) is 30.3 Å². The van der Waals surface area contributed by atoms with Crippen LogP contribution in [-0.4, -0.2) is 54.3 Å². The molecule has 24 heavy (non-hydrogen) atoms. The van der Waals surface area contributed by atoms with Crippen LogP contribution in [-0.2, 0) is 9.59 Å². The highest BCUT2D eigenvalue weighted by molar-refractivity contribution is 5.79. The third-order valence-electron chi connectivity index (χ3n) is 5.20. The highest BCUT2D eigenvalue weighted by atomic mass is 16.2. The minimum atomic E-state index is -0.0265. The number of nitrogens with one attached hydrogen (secondary N) is 1. The van der Waals surface area contributed by atoms with E-state index in [4.69, 9.17) is 0 Å². The van der Waals surface area contributed by atoms with E-state index in [1.54, 1.807) is 0 Å². The van der Waals surface area contributed by atoms with Crippen molar-refractivity contribution in [1.82, 2.24) is 15.1 Å². The molecule has 0 spiro atoms. The molecule has 0 saturated carbocycles. The summed E-state index contributed by atoms with van der Waals surface area (Å²) in [6.45, 7) is 5.68. The number of amides is 2. The van der Waals surface area contributed by atoms with E-state index in [1.165, 1.54) is 0 Å². The fourth-order valence-corrected chi connectivity index (χ4v) is 3.60. The van der Waals surface area contributed by atoms with Crippen molar-refractivity contribution >= 4 is 11.8 Å². The molecule has 2 fully saturated rings. The lowest BCUT2D eigenvalue weighted by atomic mass is 9.99. The number of hydrogen-bond donors (Lipinski definition) is 1. The van der Waals surface area contributed by atoms with Gasteiger partial charge in [-0.05, 0) is 24.3 Å². The summed E-state index contributed by atoms with van der Waals surface area (Å²) in [4.78, 5) is 28.9. The normalized spacial score (nSPS) is 23.6. The Labute approximate surface area is 144 Å². The quantitative estimate of drug-likeness (QED) is 0.920. The average molecular weight is 329 g/mol. The SMILES string of the molecule is CC1CCN(C(=O)CN2CCNC(=O)C[C@H]2c2ccccc2)CC1. The number of rotatable bonds is 3. The molecule has 2 heterocycles. The van der Waals surface area contributed by atoms with Crippen LogP contribution < -0.4 is 5.32 Å². The Kier molecular flexibility index (Phi) is 5.51. The maximum Gasteiger partial charge on any atom is 0.236 e. The van der Waals surface area contributed by atoms with Gasteiger partial charge in [0, 0.05) is 38.6 Å². The van der Waals surface area contributed by atoms with Crippen molar-refractivity contribution in [2.45, 2.75) is 32.2 Å². The Hall–Kier alpha value is -1.88. The average Bonchev–Trinajstić information content (AvgIpc) is 2.78. The van der Waals surface area contributed by atoms with Gasteiger partial charge in [0.15, 0.2) is 0 Å². The third-order valence-corrected chi connectivity index (χ3v) is 5.20. The molecule has 2 saturated heterocycles.